The number of halogens is 1. The zero-order chi connectivity index (χ0) is 14.8. The van der Waals surface area contributed by atoms with Crippen LogP contribution < -0.4 is 4.72 Å². The Hall–Kier alpha value is -1.63. The molecule has 0 aliphatic carbocycles. The van der Waals surface area contributed by atoms with E-state index in [1.165, 1.54) is 18.5 Å². The highest BCUT2D eigenvalue weighted by Crippen LogP contribution is 2.27. The Bertz CT molecular complexity index is 717. The number of rotatable bonds is 4. The third-order valence-corrected chi connectivity index (χ3v) is 4.51. The fraction of sp³-hybridized carbons (Fsp3) is 0.154. The minimum absolute atomic E-state index is 0.0852. The predicted octanol–water partition coefficient (Wildman–Crippen LogP) is 2.59. The molecule has 1 unspecified atom stereocenters. The summed E-state index contributed by atoms with van der Waals surface area (Å²) >= 11 is 5.87. The topological polar surface area (TPSA) is 79.3 Å². The van der Waals surface area contributed by atoms with Gasteiger partial charge in [-0.05, 0) is 19.1 Å². The van der Waals surface area contributed by atoms with Crippen LogP contribution in [-0.2, 0) is 10.0 Å². The Labute approximate surface area is 122 Å². The van der Waals surface area contributed by atoms with Crippen LogP contribution in [0.2, 0.25) is 5.02 Å². The van der Waals surface area contributed by atoms with Gasteiger partial charge in [0.25, 0.3) is 10.0 Å². The summed E-state index contributed by atoms with van der Waals surface area (Å²) in [6.07, 6.45) is 1.79. The zero-order valence-electron chi connectivity index (χ0n) is 10.6. The fourth-order valence-electron chi connectivity index (χ4n) is 1.71. The number of anilines is 1. The average molecular weight is 313 g/mol. The number of hydrogen-bond donors (Lipinski definition) is 2. The molecule has 1 atom stereocenters. The van der Waals surface area contributed by atoms with Crippen LogP contribution in [-0.4, -0.2) is 18.5 Å². The standard InChI is InChI=1S/C13H13ClN2O3S/c1-9(17)10-4-2-3-5-12(10)16-20(18,19)13-8-15-7-6-11(13)14/h2-9,16-17H,1H3. The molecule has 0 radical (unpaired) electrons. The molecule has 2 N–H and O–H groups in total. The number of pyridine rings is 1. The molecule has 0 amide bonds. The molecule has 20 heavy (non-hydrogen) atoms. The number of aromatic nitrogens is 1. The van der Waals surface area contributed by atoms with Crippen LogP contribution in [0.4, 0.5) is 5.69 Å². The molecule has 1 heterocycles. The number of nitrogens with one attached hydrogen (secondary N) is 1. The number of sulfonamides is 1. The van der Waals surface area contributed by atoms with Crippen molar-refractivity contribution >= 4 is 27.3 Å². The van der Waals surface area contributed by atoms with Gasteiger partial charge in [0.2, 0.25) is 0 Å². The van der Waals surface area contributed by atoms with E-state index >= 15 is 0 Å². The molecule has 2 aromatic rings. The highest BCUT2D eigenvalue weighted by Gasteiger charge is 2.20. The number of aliphatic hydroxyl groups excluding tert-OH is 1. The van der Waals surface area contributed by atoms with Gasteiger partial charge in [-0.1, -0.05) is 29.8 Å². The van der Waals surface area contributed by atoms with E-state index in [4.69, 9.17) is 11.6 Å². The highest BCUT2D eigenvalue weighted by molar-refractivity contribution is 7.92. The SMILES string of the molecule is CC(O)c1ccccc1NS(=O)(=O)c1cnccc1Cl. The van der Waals surface area contributed by atoms with Crippen molar-refractivity contribution < 1.29 is 13.5 Å². The summed E-state index contributed by atoms with van der Waals surface area (Å²) in [6, 6.07) is 8.01. The molecule has 7 heteroatoms. The Balaban J connectivity index is 2.42. The van der Waals surface area contributed by atoms with Crippen LogP contribution in [0.3, 0.4) is 0 Å². The summed E-state index contributed by atoms with van der Waals surface area (Å²) in [4.78, 5) is 3.65. The molecule has 0 spiro atoms. The van der Waals surface area contributed by atoms with Crippen molar-refractivity contribution in [1.29, 1.82) is 0 Å². The van der Waals surface area contributed by atoms with Crippen LogP contribution in [0.15, 0.2) is 47.6 Å². The molecule has 1 aromatic carbocycles. The van der Waals surface area contributed by atoms with Crippen molar-refractivity contribution in [3.63, 3.8) is 0 Å². The number of para-hydroxylation sites is 1. The van der Waals surface area contributed by atoms with E-state index in [0.717, 1.165) is 0 Å². The summed E-state index contributed by atoms with van der Waals surface area (Å²) < 4.78 is 27.0. The minimum atomic E-state index is -3.86. The van der Waals surface area contributed by atoms with Gasteiger partial charge in [-0.2, -0.15) is 0 Å². The minimum Gasteiger partial charge on any atom is -0.389 e. The largest absolute Gasteiger partial charge is 0.389 e. The van der Waals surface area contributed by atoms with Gasteiger partial charge in [0.05, 0.1) is 16.8 Å². The molecule has 0 saturated carbocycles. The van der Waals surface area contributed by atoms with Crippen LogP contribution in [0.5, 0.6) is 0 Å². The number of aliphatic hydroxyl groups is 1. The monoisotopic (exact) mass is 312 g/mol. The van der Waals surface area contributed by atoms with Crippen LogP contribution in [0.1, 0.15) is 18.6 Å². The zero-order valence-corrected chi connectivity index (χ0v) is 12.2. The Kier molecular flexibility index (Phi) is 4.27. The maximum Gasteiger partial charge on any atom is 0.264 e. The molecule has 1 aromatic heterocycles. The van der Waals surface area contributed by atoms with Crippen molar-refractivity contribution in [3.8, 4) is 0 Å². The second-order valence-corrected chi connectivity index (χ2v) is 6.23. The maximum atomic E-state index is 12.3. The average Bonchev–Trinajstić information content (AvgIpc) is 2.39. The second kappa shape index (κ2) is 5.78. The molecular formula is C13H13ClN2O3S. The third-order valence-electron chi connectivity index (χ3n) is 2.68. The first-order chi connectivity index (χ1) is 9.42. The van der Waals surface area contributed by atoms with E-state index < -0.39 is 16.1 Å². The predicted molar refractivity (Wildman–Crippen MR) is 77.1 cm³/mol. The molecular weight excluding hydrogens is 300 g/mol. The van der Waals surface area contributed by atoms with E-state index in [2.05, 4.69) is 9.71 Å². The van der Waals surface area contributed by atoms with Crippen molar-refractivity contribution in [3.05, 3.63) is 53.3 Å². The van der Waals surface area contributed by atoms with Crippen molar-refractivity contribution in [2.45, 2.75) is 17.9 Å². The Morgan fingerprint density at radius 1 is 1.30 bits per heavy atom. The van der Waals surface area contributed by atoms with Crippen LogP contribution in [0.25, 0.3) is 0 Å². The maximum absolute atomic E-state index is 12.3. The number of benzene rings is 1. The highest BCUT2D eigenvalue weighted by atomic mass is 35.5. The van der Waals surface area contributed by atoms with Gasteiger partial charge in [0.1, 0.15) is 4.90 Å². The quantitative estimate of drug-likeness (QED) is 0.909. The first-order valence-electron chi connectivity index (χ1n) is 5.81. The van der Waals surface area contributed by atoms with E-state index in [0.29, 0.717) is 11.3 Å². The summed E-state index contributed by atoms with van der Waals surface area (Å²) in [5, 5.41) is 9.74. The lowest BCUT2D eigenvalue weighted by atomic mass is 10.1. The molecule has 2 rings (SSSR count). The van der Waals surface area contributed by atoms with E-state index in [-0.39, 0.29) is 9.92 Å². The molecule has 0 saturated heterocycles. The molecule has 0 bridgehead atoms. The lowest BCUT2D eigenvalue weighted by molar-refractivity contribution is 0.200. The summed E-state index contributed by atoms with van der Waals surface area (Å²) in [5.74, 6) is 0. The second-order valence-electron chi connectivity index (χ2n) is 4.17. The van der Waals surface area contributed by atoms with Gasteiger partial charge in [0, 0.05) is 18.0 Å². The smallest absolute Gasteiger partial charge is 0.264 e. The van der Waals surface area contributed by atoms with Crippen molar-refractivity contribution in [2.24, 2.45) is 0 Å². The van der Waals surface area contributed by atoms with E-state index in [9.17, 15) is 13.5 Å². The van der Waals surface area contributed by atoms with Gasteiger partial charge in [0.15, 0.2) is 0 Å². The molecule has 106 valence electrons. The lowest BCUT2D eigenvalue weighted by Crippen LogP contribution is -2.15. The summed E-state index contributed by atoms with van der Waals surface area (Å²) in [7, 11) is -3.86. The van der Waals surface area contributed by atoms with Crippen molar-refractivity contribution in [1.82, 2.24) is 4.98 Å². The molecule has 5 nitrogen and oxygen atoms in total. The Morgan fingerprint density at radius 2 is 2.00 bits per heavy atom. The molecule has 0 aliphatic rings. The van der Waals surface area contributed by atoms with Crippen molar-refractivity contribution in [2.75, 3.05) is 4.72 Å². The first kappa shape index (κ1) is 14.8. The summed E-state index contributed by atoms with van der Waals surface area (Å²) in [5.41, 5.74) is 0.790. The summed E-state index contributed by atoms with van der Waals surface area (Å²) in [6.45, 7) is 1.56. The third kappa shape index (κ3) is 3.09. The lowest BCUT2D eigenvalue weighted by Gasteiger charge is -2.14. The molecule has 0 fully saturated rings. The van der Waals surface area contributed by atoms with Gasteiger partial charge in [-0.25, -0.2) is 8.42 Å². The van der Waals surface area contributed by atoms with Crippen LogP contribution in [0, 0.1) is 0 Å². The number of hydrogen-bond acceptors (Lipinski definition) is 4. The number of nitrogens with zero attached hydrogens (tertiary/aromatic N) is 1. The van der Waals surface area contributed by atoms with E-state index in [1.54, 1.807) is 31.2 Å². The van der Waals surface area contributed by atoms with Gasteiger partial charge in [-0.3, -0.25) is 9.71 Å². The first-order valence-corrected chi connectivity index (χ1v) is 7.67. The Morgan fingerprint density at radius 3 is 2.65 bits per heavy atom. The van der Waals surface area contributed by atoms with E-state index in [1.807, 2.05) is 0 Å². The normalized spacial score (nSPS) is 12.9. The van der Waals surface area contributed by atoms with Gasteiger partial charge < -0.3 is 5.11 Å². The van der Waals surface area contributed by atoms with Gasteiger partial charge >= 0.3 is 0 Å². The fourth-order valence-corrected chi connectivity index (χ4v) is 3.23. The molecule has 0 aliphatic heterocycles. The van der Waals surface area contributed by atoms with Crippen LogP contribution >= 0.6 is 11.6 Å². The van der Waals surface area contributed by atoms with Gasteiger partial charge in [-0.15, -0.1) is 0 Å².